The first kappa shape index (κ1) is 16.9. The fraction of sp³-hybridized carbons (Fsp3) is 0.857. The molecule has 116 valence electrons. The second-order valence-corrected chi connectivity index (χ2v) is 5.25. The van der Waals surface area contributed by atoms with E-state index in [-0.39, 0.29) is 36.8 Å². The molecule has 1 atom stereocenters. The highest BCUT2D eigenvalue weighted by molar-refractivity contribution is 5.80. The van der Waals surface area contributed by atoms with Crippen molar-refractivity contribution in [3.8, 4) is 0 Å². The normalized spacial score (nSPS) is 16.9. The van der Waals surface area contributed by atoms with Gasteiger partial charge in [-0.15, -0.1) is 0 Å². The summed E-state index contributed by atoms with van der Waals surface area (Å²) in [7, 11) is 1.55. The summed E-state index contributed by atoms with van der Waals surface area (Å²) in [5.41, 5.74) is 0. The van der Waals surface area contributed by atoms with Gasteiger partial charge in [-0.05, 0) is 19.3 Å². The number of nitrogens with one attached hydrogen (secondary N) is 2. The molecule has 1 rings (SSSR count). The van der Waals surface area contributed by atoms with Crippen LogP contribution in [0.4, 0.5) is 0 Å². The SMILES string of the molecule is COCC(CCO)NC(=O)CCNC(=O)C1CCCC1. The molecule has 20 heavy (non-hydrogen) atoms. The largest absolute Gasteiger partial charge is 0.396 e. The van der Waals surface area contributed by atoms with Gasteiger partial charge in [0, 0.05) is 32.6 Å². The number of carbonyl (C=O) groups excluding carboxylic acids is 2. The van der Waals surface area contributed by atoms with Crippen LogP contribution in [0.1, 0.15) is 38.5 Å². The monoisotopic (exact) mass is 286 g/mol. The average molecular weight is 286 g/mol. The van der Waals surface area contributed by atoms with Gasteiger partial charge in [0.2, 0.25) is 11.8 Å². The second-order valence-electron chi connectivity index (χ2n) is 5.25. The minimum absolute atomic E-state index is 0.00667. The molecule has 0 heterocycles. The molecule has 0 bridgehead atoms. The minimum Gasteiger partial charge on any atom is -0.396 e. The molecule has 2 amide bonds. The van der Waals surface area contributed by atoms with E-state index in [1.165, 1.54) is 0 Å². The maximum atomic E-state index is 11.8. The van der Waals surface area contributed by atoms with Gasteiger partial charge in [0.1, 0.15) is 0 Å². The molecule has 0 aromatic heterocycles. The van der Waals surface area contributed by atoms with Crippen molar-refractivity contribution in [2.45, 2.75) is 44.6 Å². The van der Waals surface area contributed by atoms with Gasteiger partial charge in [-0.25, -0.2) is 0 Å². The lowest BCUT2D eigenvalue weighted by atomic mass is 10.1. The van der Waals surface area contributed by atoms with Gasteiger partial charge < -0.3 is 20.5 Å². The van der Waals surface area contributed by atoms with E-state index < -0.39 is 0 Å². The molecule has 0 aromatic rings. The van der Waals surface area contributed by atoms with Crippen LogP contribution in [0.15, 0.2) is 0 Å². The highest BCUT2D eigenvalue weighted by atomic mass is 16.5. The molecule has 1 unspecified atom stereocenters. The summed E-state index contributed by atoms with van der Waals surface area (Å²) in [6, 6.07) is -0.178. The molecular formula is C14H26N2O4. The average Bonchev–Trinajstić information content (AvgIpc) is 2.93. The molecule has 3 N–H and O–H groups in total. The number of rotatable bonds is 9. The molecule has 1 aliphatic rings. The van der Waals surface area contributed by atoms with Crippen molar-refractivity contribution in [2.24, 2.45) is 5.92 Å². The standard InChI is InChI=1S/C14H26N2O4/c1-20-10-12(7-9-17)16-13(18)6-8-15-14(19)11-4-2-3-5-11/h11-12,17H,2-10H2,1H3,(H,15,19)(H,16,18). The predicted molar refractivity (Wildman–Crippen MR) is 75.1 cm³/mol. The third-order valence-corrected chi connectivity index (χ3v) is 3.59. The summed E-state index contributed by atoms with van der Waals surface area (Å²) in [5, 5.41) is 14.5. The van der Waals surface area contributed by atoms with E-state index in [1.54, 1.807) is 7.11 Å². The van der Waals surface area contributed by atoms with Crippen LogP contribution in [0.3, 0.4) is 0 Å². The number of hydrogen-bond donors (Lipinski definition) is 3. The van der Waals surface area contributed by atoms with Gasteiger partial charge in [-0.1, -0.05) is 12.8 Å². The molecule has 6 nitrogen and oxygen atoms in total. The lowest BCUT2D eigenvalue weighted by Crippen LogP contribution is -2.40. The van der Waals surface area contributed by atoms with Crippen LogP contribution >= 0.6 is 0 Å². The third-order valence-electron chi connectivity index (χ3n) is 3.59. The first-order chi connectivity index (χ1) is 9.67. The van der Waals surface area contributed by atoms with Crippen molar-refractivity contribution in [3.05, 3.63) is 0 Å². The summed E-state index contributed by atoms with van der Waals surface area (Å²) < 4.78 is 4.97. The molecule has 1 aliphatic carbocycles. The van der Waals surface area contributed by atoms with E-state index in [1.807, 2.05) is 0 Å². The van der Waals surface area contributed by atoms with Crippen molar-refractivity contribution in [3.63, 3.8) is 0 Å². The number of amides is 2. The molecule has 1 fully saturated rings. The zero-order valence-electron chi connectivity index (χ0n) is 12.2. The Morgan fingerprint density at radius 2 is 2.05 bits per heavy atom. The summed E-state index contributed by atoms with van der Waals surface area (Å²) in [4.78, 5) is 23.5. The maximum absolute atomic E-state index is 11.8. The van der Waals surface area contributed by atoms with E-state index in [9.17, 15) is 9.59 Å². The predicted octanol–water partition coefficient (Wildman–Crippen LogP) is 0.196. The summed E-state index contributed by atoms with van der Waals surface area (Å²) in [6.07, 6.45) is 4.89. The number of ether oxygens (including phenoxy) is 1. The van der Waals surface area contributed by atoms with E-state index in [0.29, 0.717) is 19.6 Å². The lowest BCUT2D eigenvalue weighted by molar-refractivity contribution is -0.125. The third kappa shape index (κ3) is 6.34. The van der Waals surface area contributed by atoms with Crippen molar-refractivity contribution in [1.82, 2.24) is 10.6 Å². The van der Waals surface area contributed by atoms with Gasteiger partial charge in [0.25, 0.3) is 0 Å². The van der Waals surface area contributed by atoms with E-state index in [0.717, 1.165) is 25.7 Å². The van der Waals surface area contributed by atoms with Crippen molar-refractivity contribution in [1.29, 1.82) is 0 Å². The molecule has 0 saturated heterocycles. The van der Waals surface area contributed by atoms with Gasteiger partial charge in [0.15, 0.2) is 0 Å². The summed E-state index contributed by atoms with van der Waals surface area (Å²) in [6.45, 7) is 0.744. The Morgan fingerprint density at radius 1 is 1.35 bits per heavy atom. The second kappa shape index (κ2) is 9.72. The Kier molecular flexibility index (Phi) is 8.22. The summed E-state index contributed by atoms with van der Waals surface area (Å²) >= 11 is 0. The first-order valence-electron chi connectivity index (χ1n) is 7.34. The molecule has 6 heteroatoms. The van der Waals surface area contributed by atoms with Gasteiger partial charge in [-0.3, -0.25) is 9.59 Å². The smallest absolute Gasteiger partial charge is 0.223 e. The molecule has 0 radical (unpaired) electrons. The van der Waals surface area contributed by atoms with Crippen LogP contribution < -0.4 is 10.6 Å². The van der Waals surface area contributed by atoms with Crippen LogP contribution in [-0.4, -0.2) is 49.8 Å². The van der Waals surface area contributed by atoms with Gasteiger partial charge in [0.05, 0.1) is 12.6 Å². The molecular weight excluding hydrogens is 260 g/mol. The van der Waals surface area contributed by atoms with Crippen molar-refractivity contribution in [2.75, 3.05) is 26.9 Å². The fourth-order valence-electron chi connectivity index (χ4n) is 2.49. The topological polar surface area (TPSA) is 87.7 Å². The Morgan fingerprint density at radius 3 is 2.65 bits per heavy atom. The molecule has 0 spiro atoms. The quantitative estimate of drug-likeness (QED) is 0.565. The van der Waals surface area contributed by atoms with Crippen LogP contribution in [0, 0.1) is 5.92 Å². The fourth-order valence-corrected chi connectivity index (χ4v) is 2.49. The van der Waals surface area contributed by atoms with Gasteiger partial charge >= 0.3 is 0 Å². The zero-order valence-corrected chi connectivity index (χ0v) is 12.2. The van der Waals surface area contributed by atoms with Crippen LogP contribution in [0.2, 0.25) is 0 Å². The van der Waals surface area contributed by atoms with Crippen LogP contribution in [0.5, 0.6) is 0 Å². The van der Waals surface area contributed by atoms with E-state index in [4.69, 9.17) is 9.84 Å². The number of hydrogen-bond acceptors (Lipinski definition) is 4. The minimum atomic E-state index is -0.178. The molecule has 0 aliphatic heterocycles. The number of methoxy groups -OCH3 is 1. The molecule has 1 saturated carbocycles. The van der Waals surface area contributed by atoms with Crippen LogP contribution in [0.25, 0.3) is 0 Å². The summed E-state index contributed by atoms with van der Waals surface area (Å²) in [5.74, 6) is 0.0695. The number of carbonyl (C=O) groups is 2. The maximum Gasteiger partial charge on any atom is 0.223 e. The Bertz CT molecular complexity index is 298. The number of aliphatic hydroxyl groups excluding tert-OH is 1. The highest BCUT2D eigenvalue weighted by Crippen LogP contribution is 2.24. The Labute approximate surface area is 120 Å². The zero-order chi connectivity index (χ0) is 14.8. The highest BCUT2D eigenvalue weighted by Gasteiger charge is 2.22. The Hall–Kier alpha value is -1.14. The molecule has 0 aromatic carbocycles. The lowest BCUT2D eigenvalue weighted by Gasteiger charge is -2.17. The number of aliphatic hydroxyl groups is 1. The van der Waals surface area contributed by atoms with Gasteiger partial charge in [-0.2, -0.15) is 0 Å². The van der Waals surface area contributed by atoms with Crippen LogP contribution in [-0.2, 0) is 14.3 Å². The first-order valence-corrected chi connectivity index (χ1v) is 7.34. The van der Waals surface area contributed by atoms with Crippen molar-refractivity contribution >= 4 is 11.8 Å². The van der Waals surface area contributed by atoms with Crippen molar-refractivity contribution < 1.29 is 19.4 Å². The Balaban J connectivity index is 2.16. The van der Waals surface area contributed by atoms with E-state index >= 15 is 0 Å². The van der Waals surface area contributed by atoms with E-state index in [2.05, 4.69) is 10.6 Å².